The average molecular weight is 229 g/mol. The number of aliphatic carboxylic acids is 1. The fourth-order valence-electron chi connectivity index (χ4n) is 1.80. The van der Waals surface area contributed by atoms with Crippen LogP contribution in [0, 0.1) is 0 Å². The highest BCUT2D eigenvalue weighted by Crippen LogP contribution is 2.20. The largest absolute Gasteiger partial charge is 0.481 e. The van der Waals surface area contributed by atoms with Gasteiger partial charge in [0.1, 0.15) is 0 Å². The van der Waals surface area contributed by atoms with Crippen molar-refractivity contribution in [1.82, 2.24) is 4.98 Å². The van der Waals surface area contributed by atoms with E-state index >= 15 is 0 Å². The van der Waals surface area contributed by atoms with E-state index in [9.17, 15) is 4.79 Å². The summed E-state index contributed by atoms with van der Waals surface area (Å²) in [6.07, 6.45) is -0.0259. The van der Waals surface area contributed by atoms with Crippen LogP contribution in [-0.2, 0) is 11.2 Å². The molecule has 0 radical (unpaired) electrons. The number of hydrogen-bond acceptors (Lipinski definition) is 2. The van der Waals surface area contributed by atoms with Gasteiger partial charge in [-0.2, -0.15) is 0 Å². The lowest BCUT2D eigenvalue weighted by molar-refractivity contribution is -0.136. The maximum atomic E-state index is 10.6. The van der Waals surface area contributed by atoms with Crippen molar-refractivity contribution in [3.05, 3.63) is 41.6 Å². The number of pyridine rings is 1. The molecule has 0 saturated heterocycles. The Bertz CT molecular complexity index is 561. The van der Waals surface area contributed by atoms with Gasteiger partial charge in [-0.1, -0.05) is 26.0 Å². The molecule has 0 spiro atoms. The highest BCUT2D eigenvalue weighted by Gasteiger charge is 2.05. The summed E-state index contributed by atoms with van der Waals surface area (Å²) in [6.45, 7) is 4.29. The lowest BCUT2D eigenvalue weighted by Gasteiger charge is -2.07. The molecule has 0 amide bonds. The minimum atomic E-state index is -0.851. The molecule has 0 aliphatic carbocycles. The molecule has 3 nitrogen and oxygen atoms in total. The SMILES string of the molecule is CC(C)c1ccc2nc(CC(=O)O)ccc2c1. The molecule has 88 valence electrons. The van der Waals surface area contributed by atoms with Gasteiger partial charge in [-0.3, -0.25) is 9.78 Å². The van der Waals surface area contributed by atoms with Crippen molar-refractivity contribution in [2.75, 3.05) is 0 Å². The zero-order chi connectivity index (χ0) is 12.4. The Balaban J connectivity index is 2.43. The Labute approximate surface area is 100 Å². The van der Waals surface area contributed by atoms with Gasteiger partial charge in [-0.15, -0.1) is 0 Å². The number of nitrogens with zero attached hydrogens (tertiary/aromatic N) is 1. The number of rotatable bonds is 3. The van der Waals surface area contributed by atoms with Gasteiger partial charge in [0.2, 0.25) is 0 Å². The van der Waals surface area contributed by atoms with Crippen molar-refractivity contribution in [3.8, 4) is 0 Å². The average Bonchev–Trinajstić information content (AvgIpc) is 2.27. The summed E-state index contributed by atoms with van der Waals surface area (Å²) in [7, 11) is 0. The van der Waals surface area contributed by atoms with E-state index in [2.05, 4.69) is 24.9 Å². The summed E-state index contributed by atoms with van der Waals surface area (Å²) < 4.78 is 0. The summed E-state index contributed by atoms with van der Waals surface area (Å²) in [5.41, 5.74) is 2.72. The van der Waals surface area contributed by atoms with Crippen LogP contribution in [0.15, 0.2) is 30.3 Å². The second-order valence-corrected chi connectivity index (χ2v) is 4.48. The Hall–Kier alpha value is -1.90. The van der Waals surface area contributed by atoms with Gasteiger partial charge in [0.15, 0.2) is 0 Å². The molecule has 0 atom stereocenters. The van der Waals surface area contributed by atoms with E-state index in [1.807, 2.05) is 18.2 Å². The van der Waals surface area contributed by atoms with Crippen molar-refractivity contribution in [3.63, 3.8) is 0 Å². The van der Waals surface area contributed by atoms with Gasteiger partial charge in [-0.25, -0.2) is 0 Å². The van der Waals surface area contributed by atoms with Crippen LogP contribution in [0.5, 0.6) is 0 Å². The highest BCUT2D eigenvalue weighted by molar-refractivity contribution is 5.80. The van der Waals surface area contributed by atoms with E-state index in [4.69, 9.17) is 5.11 Å². The first-order chi connectivity index (χ1) is 8.06. The second-order valence-electron chi connectivity index (χ2n) is 4.48. The van der Waals surface area contributed by atoms with Crippen LogP contribution in [0.2, 0.25) is 0 Å². The molecule has 3 heteroatoms. The van der Waals surface area contributed by atoms with Gasteiger partial charge in [0.05, 0.1) is 17.6 Å². The molecule has 0 aliphatic heterocycles. The number of carboxylic acid groups (broad SMARTS) is 1. The summed E-state index contributed by atoms with van der Waals surface area (Å²) in [6, 6.07) is 9.82. The van der Waals surface area contributed by atoms with Crippen LogP contribution in [0.3, 0.4) is 0 Å². The van der Waals surface area contributed by atoms with Crippen molar-refractivity contribution in [1.29, 1.82) is 0 Å². The maximum Gasteiger partial charge on any atom is 0.309 e. The fourth-order valence-corrected chi connectivity index (χ4v) is 1.80. The van der Waals surface area contributed by atoms with Crippen LogP contribution in [0.4, 0.5) is 0 Å². The standard InChI is InChI=1S/C14H15NO2/c1-9(2)10-4-6-13-11(7-10)3-5-12(15-13)8-14(16)17/h3-7,9H,8H2,1-2H3,(H,16,17). The van der Waals surface area contributed by atoms with E-state index in [-0.39, 0.29) is 6.42 Å². The fraction of sp³-hybridized carbons (Fsp3) is 0.286. The van der Waals surface area contributed by atoms with Gasteiger partial charge < -0.3 is 5.11 Å². The molecule has 1 aromatic heterocycles. The Kier molecular flexibility index (Phi) is 3.09. The van der Waals surface area contributed by atoms with Crippen LogP contribution in [0.1, 0.15) is 31.0 Å². The molecule has 2 rings (SSSR count). The van der Waals surface area contributed by atoms with E-state index in [0.717, 1.165) is 10.9 Å². The minimum Gasteiger partial charge on any atom is -0.481 e. The van der Waals surface area contributed by atoms with Crippen molar-refractivity contribution >= 4 is 16.9 Å². The van der Waals surface area contributed by atoms with Crippen molar-refractivity contribution < 1.29 is 9.90 Å². The van der Waals surface area contributed by atoms with E-state index in [1.165, 1.54) is 5.56 Å². The maximum absolute atomic E-state index is 10.6. The zero-order valence-corrected chi connectivity index (χ0v) is 9.97. The molecular formula is C14H15NO2. The van der Waals surface area contributed by atoms with E-state index in [0.29, 0.717) is 11.6 Å². The molecule has 1 N–H and O–H groups in total. The van der Waals surface area contributed by atoms with E-state index < -0.39 is 5.97 Å². The summed E-state index contributed by atoms with van der Waals surface area (Å²) >= 11 is 0. The number of benzene rings is 1. The molecule has 1 heterocycles. The second kappa shape index (κ2) is 4.53. The number of hydrogen-bond donors (Lipinski definition) is 1. The van der Waals surface area contributed by atoms with Gasteiger partial charge in [0.25, 0.3) is 0 Å². The van der Waals surface area contributed by atoms with Gasteiger partial charge in [0, 0.05) is 5.39 Å². The van der Waals surface area contributed by atoms with Crippen molar-refractivity contribution in [2.45, 2.75) is 26.2 Å². The van der Waals surface area contributed by atoms with Gasteiger partial charge in [-0.05, 0) is 29.7 Å². The number of fused-ring (bicyclic) bond motifs is 1. The predicted molar refractivity (Wildman–Crippen MR) is 67.2 cm³/mol. The highest BCUT2D eigenvalue weighted by atomic mass is 16.4. The minimum absolute atomic E-state index is 0.0259. The first kappa shape index (κ1) is 11.6. The molecule has 17 heavy (non-hydrogen) atoms. The summed E-state index contributed by atoms with van der Waals surface area (Å²) in [5.74, 6) is -0.367. The normalized spacial score (nSPS) is 11.0. The first-order valence-corrected chi connectivity index (χ1v) is 5.67. The molecule has 2 aromatic rings. The number of carboxylic acids is 1. The molecule has 0 aliphatic rings. The molecule has 0 saturated carbocycles. The lowest BCUT2D eigenvalue weighted by Crippen LogP contribution is -2.02. The monoisotopic (exact) mass is 229 g/mol. The van der Waals surface area contributed by atoms with Crippen LogP contribution < -0.4 is 0 Å². The lowest BCUT2D eigenvalue weighted by atomic mass is 10.0. The third-order valence-electron chi connectivity index (χ3n) is 2.77. The first-order valence-electron chi connectivity index (χ1n) is 5.67. The summed E-state index contributed by atoms with van der Waals surface area (Å²) in [4.78, 5) is 14.9. The Morgan fingerprint density at radius 2 is 2.06 bits per heavy atom. The summed E-state index contributed by atoms with van der Waals surface area (Å²) in [5, 5.41) is 9.78. The van der Waals surface area contributed by atoms with Crippen LogP contribution in [-0.4, -0.2) is 16.1 Å². The third kappa shape index (κ3) is 2.61. The molecule has 0 bridgehead atoms. The van der Waals surface area contributed by atoms with Gasteiger partial charge >= 0.3 is 5.97 Å². The predicted octanol–water partition coefficient (Wildman–Crippen LogP) is 2.99. The molecule has 1 aromatic carbocycles. The Morgan fingerprint density at radius 1 is 1.29 bits per heavy atom. The quantitative estimate of drug-likeness (QED) is 0.880. The smallest absolute Gasteiger partial charge is 0.309 e. The topological polar surface area (TPSA) is 50.2 Å². The third-order valence-corrected chi connectivity index (χ3v) is 2.77. The Morgan fingerprint density at radius 3 is 2.71 bits per heavy atom. The molecular weight excluding hydrogens is 214 g/mol. The zero-order valence-electron chi connectivity index (χ0n) is 9.97. The van der Waals surface area contributed by atoms with E-state index in [1.54, 1.807) is 6.07 Å². The van der Waals surface area contributed by atoms with Crippen molar-refractivity contribution in [2.24, 2.45) is 0 Å². The molecule has 0 unspecified atom stereocenters. The van der Waals surface area contributed by atoms with Crippen LogP contribution in [0.25, 0.3) is 10.9 Å². The number of aromatic nitrogens is 1. The number of carbonyl (C=O) groups is 1. The molecule has 0 fully saturated rings. The van der Waals surface area contributed by atoms with Crippen LogP contribution >= 0.6 is 0 Å².